The first kappa shape index (κ1) is 15.9. The normalized spacial score (nSPS) is 25.6. The van der Waals surface area contributed by atoms with E-state index in [4.69, 9.17) is 10.5 Å². The summed E-state index contributed by atoms with van der Waals surface area (Å²) in [7, 11) is 0. The second-order valence-corrected chi connectivity index (χ2v) is 6.19. The van der Waals surface area contributed by atoms with Crippen LogP contribution in [0.15, 0.2) is 12.1 Å². The number of nitrogens with two attached hydrogens (primary N) is 1. The van der Waals surface area contributed by atoms with Crippen LogP contribution < -0.4 is 15.8 Å². The van der Waals surface area contributed by atoms with Crippen LogP contribution in [0.5, 0.6) is 5.88 Å². The Labute approximate surface area is 126 Å². The Bertz CT molecular complexity index is 457. The van der Waals surface area contributed by atoms with Crippen molar-refractivity contribution in [3.05, 3.63) is 12.1 Å². The van der Waals surface area contributed by atoms with E-state index in [1.807, 2.05) is 13.0 Å². The molecule has 0 atom stereocenters. The molecule has 0 aliphatic heterocycles. The summed E-state index contributed by atoms with van der Waals surface area (Å²) in [4.78, 5) is 4.45. The third kappa shape index (κ3) is 4.00. The lowest BCUT2D eigenvalue weighted by Gasteiger charge is -2.39. The van der Waals surface area contributed by atoms with E-state index in [-0.39, 0.29) is 12.1 Å². The summed E-state index contributed by atoms with van der Waals surface area (Å²) in [6.07, 6.45) is 5.09. The zero-order chi connectivity index (χ0) is 15.3. The van der Waals surface area contributed by atoms with Crippen LogP contribution in [0.2, 0.25) is 0 Å². The lowest BCUT2D eigenvalue weighted by Crippen LogP contribution is -2.45. The number of ether oxygens (including phenoxy) is 1. The molecule has 1 saturated carbocycles. The monoisotopic (exact) mass is 293 g/mol. The number of hydrogen-bond acceptors (Lipinski definition) is 5. The quantitative estimate of drug-likeness (QED) is 0.751. The molecular formula is C16H27N3O2. The fourth-order valence-corrected chi connectivity index (χ4v) is 2.74. The van der Waals surface area contributed by atoms with Gasteiger partial charge in [-0.3, -0.25) is 0 Å². The molecule has 1 aromatic heterocycles. The van der Waals surface area contributed by atoms with Crippen molar-refractivity contribution in [2.24, 2.45) is 5.92 Å². The van der Waals surface area contributed by atoms with Crippen molar-refractivity contribution in [2.75, 3.05) is 24.3 Å². The first-order valence-corrected chi connectivity index (χ1v) is 7.87. The van der Waals surface area contributed by atoms with Crippen molar-refractivity contribution in [2.45, 2.75) is 51.5 Å². The zero-order valence-electron chi connectivity index (χ0n) is 13.1. The zero-order valence-corrected chi connectivity index (χ0v) is 13.1. The SMILES string of the molecule is CCCOc1nc(NC2(CO)CCC(C)CC2)ccc1N. The van der Waals surface area contributed by atoms with Crippen LogP contribution in [0.3, 0.4) is 0 Å². The van der Waals surface area contributed by atoms with E-state index in [0.717, 1.165) is 43.8 Å². The summed E-state index contributed by atoms with van der Waals surface area (Å²) in [6.45, 7) is 5.03. The molecule has 0 amide bonds. The van der Waals surface area contributed by atoms with Crippen LogP contribution in [-0.4, -0.2) is 28.8 Å². The van der Waals surface area contributed by atoms with Crippen LogP contribution in [-0.2, 0) is 0 Å². The third-order valence-corrected chi connectivity index (χ3v) is 4.26. The Kier molecular flexibility index (Phi) is 5.28. The Morgan fingerprint density at radius 3 is 2.76 bits per heavy atom. The maximum atomic E-state index is 9.81. The highest BCUT2D eigenvalue weighted by Crippen LogP contribution is 2.34. The van der Waals surface area contributed by atoms with Gasteiger partial charge in [0.2, 0.25) is 5.88 Å². The van der Waals surface area contributed by atoms with E-state index in [9.17, 15) is 5.11 Å². The highest BCUT2D eigenvalue weighted by atomic mass is 16.5. The average Bonchev–Trinajstić information content (AvgIpc) is 2.50. The number of pyridine rings is 1. The molecule has 0 saturated heterocycles. The Morgan fingerprint density at radius 2 is 2.14 bits per heavy atom. The summed E-state index contributed by atoms with van der Waals surface area (Å²) >= 11 is 0. The van der Waals surface area contributed by atoms with E-state index < -0.39 is 0 Å². The van der Waals surface area contributed by atoms with Gasteiger partial charge in [-0.2, -0.15) is 4.98 Å². The first-order valence-electron chi connectivity index (χ1n) is 7.87. The smallest absolute Gasteiger partial charge is 0.239 e. The second-order valence-electron chi connectivity index (χ2n) is 6.19. The summed E-state index contributed by atoms with van der Waals surface area (Å²) in [5, 5.41) is 13.2. The van der Waals surface area contributed by atoms with Crippen molar-refractivity contribution < 1.29 is 9.84 Å². The lowest BCUT2D eigenvalue weighted by atomic mass is 9.77. The maximum Gasteiger partial charge on any atom is 0.239 e. The van der Waals surface area contributed by atoms with Crippen LogP contribution in [0, 0.1) is 5.92 Å². The van der Waals surface area contributed by atoms with Crippen molar-refractivity contribution in [3.8, 4) is 5.88 Å². The molecule has 5 nitrogen and oxygen atoms in total. The van der Waals surface area contributed by atoms with Gasteiger partial charge in [-0.15, -0.1) is 0 Å². The van der Waals surface area contributed by atoms with Gasteiger partial charge in [-0.25, -0.2) is 0 Å². The first-order chi connectivity index (χ1) is 10.1. The minimum absolute atomic E-state index is 0.122. The Hall–Kier alpha value is -1.49. The molecule has 1 aromatic rings. The molecule has 1 aliphatic carbocycles. The highest BCUT2D eigenvalue weighted by Gasteiger charge is 2.33. The number of nitrogen functional groups attached to an aromatic ring is 1. The largest absolute Gasteiger partial charge is 0.476 e. The molecule has 4 N–H and O–H groups in total. The predicted octanol–water partition coefficient (Wildman–Crippen LogP) is 2.81. The highest BCUT2D eigenvalue weighted by molar-refractivity contribution is 5.54. The maximum absolute atomic E-state index is 9.81. The minimum Gasteiger partial charge on any atom is -0.476 e. The summed E-state index contributed by atoms with van der Waals surface area (Å²) < 4.78 is 5.56. The molecule has 2 rings (SSSR count). The molecule has 118 valence electrons. The summed E-state index contributed by atoms with van der Waals surface area (Å²) in [5.74, 6) is 1.92. The topological polar surface area (TPSA) is 80.4 Å². The van der Waals surface area contributed by atoms with Gasteiger partial charge in [0.1, 0.15) is 5.82 Å². The number of aromatic nitrogens is 1. The molecule has 21 heavy (non-hydrogen) atoms. The number of aliphatic hydroxyl groups excluding tert-OH is 1. The standard InChI is InChI=1S/C16H27N3O2/c1-3-10-21-15-13(17)4-5-14(18-15)19-16(11-20)8-6-12(2)7-9-16/h4-5,12,20H,3,6-11,17H2,1-2H3,(H,18,19). The molecule has 5 heteroatoms. The van der Waals surface area contributed by atoms with Crippen LogP contribution in [0.25, 0.3) is 0 Å². The number of rotatable bonds is 6. The number of nitrogens with zero attached hydrogens (tertiary/aromatic N) is 1. The third-order valence-electron chi connectivity index (χ3n) is 4.26. The summed E-state index contributed by atoms with van der Waals surface area (Å²) in [6, 6.07) is 3.65. The molecule has 0 unspecified atom stereocenters. The lowest BCUT2D eigenvalue weighted by molar-refractivity contribution is 0.155. The predicted molar refractivity (Wildman–Crippen MR) is 85.5 cm³/mol. The van der Waals surface area contributed by atoms with E-state index in [2.05, 4.69) is 17.2 Å². The van der Waals surface area contributed by atoms with Crippen molar-refractivity contribution in [3.63, 3.8) is 0 Å². The molecule has 1 aliphatic rings. The average molecular weight is 293 g/mol. The van der Waals surface area contributed by atoms with Crippen LogP contribution in [0.1, 0.15) is 46.0 Å². The van der Waals surface area contributed by atoms with Gasteiger partial charge in [-0.1, -0.05) is 13.8 Å². The molecule has 1 fully saturated rings. The van der Waals surface area contributed by atoms with Gasteiger partial charge >= 0.3 is 0 Å². The van der Waals surface area contributed by atoms with Gasteiger partial charge in [0.25, 0.3) is 0 Å². The number of aliphatic hydroxyl groups is 1. The molecule has 1 heterocycles. The number of anilines is 2. The molecule has 0 radical (unpaired) electrons. The molecule has 0 aromatic carbocycles. The summed E-state index contributed by atoms with van der Waals surface area (Å²) in [5.41, 5.74) is 6.16. The number of hydrogen-bond donors (Lipinski definition) is 3. The van der Waals surface area contributed by atoms with Crippen molar-refractivity contribution in [1.29, 1.82) is 0 Å². The van der Waals surface area contributed by atoms with Gasteiger partial charge in [0.15, 0.2) is 0 Å². The van der Waals surface area contributed by atoms with Gasteiger partial charge < -0.3 is 20.9 Å². The molecule has 0 bridgehead atoms. The van der Waals surface area contributed by atoms with Gasteiger partial charge in [0, 0.05) is 0 Å². The fourth-order valence-electron chi connectivity index (χ4n) is 2.74. The van der Waals surface area contributed by atoms with Crippen molar-refractivity contribution >= 4 is 11.5 Å². The van der Waals surface area contributed by atoms with Gasteiger partial charge in [-0.05, 0) is 50.2 Å². The van der Waals surface area contributed by atoms with E-state index in [0.29, 0.717) is 18.2 Å². The fraction of sp³-hybridized carbons (Fsp3) is 0.688. The number of nitrogens with one attached hydrogen (secondary N) is 1. The van der Waals surface area contributed by atoms with Gasteiger partial charge in [0.05, 0.1) is 24.4 Å². The minimum atomic E-state index is -0.266. The Balaban J connectivity index is 2.10. The van der Waals surface area contributed by atoms with Crippen molar-refractivity contribution in [1.82, 2.24) is 4.98 Å². The van der Waals surface area contributed by atoms with Crippen LogP contribution in [0.4, 0.5) is 11.5 Å². The second kappa shape index (κ2) is 6.98. The van der Waals surface area contributed by atoms with E-state index in [1.165, 1.54) is 0 Å². The van der Waals surface area contributed by atoms with Crippen LogP contribution >= 0.6 is 0 Å². The Morgan fingerprint density at radius 1 is 1.43 bits per heavy atom. The molecule has 0 spiro atoms. The van der Waals surface area contributed by atoms with E-state index in [1.54, 1.807) is 6.07 Å². The molecular weight excluding hydrogens is 266 g/mol. The van der Waals surface area contributed by atoms with E-state index >= 15 is 0 Å².